The first kappa shape index (κ1) is 17.5. The highest BCUT2D eigenvalue weighted by atomic mass is 19.1. The molecule has 4 rings (SSSR count). The summed E-state index contributed by atoms with van der Waals surface area (Å²) in [6.07, 6.45) is 4.27. The minimum Gasteiger partial charge on any atom is -0.439 e. The van der Waals surface area contributed by atoms with Gasteiger partial charge in [0.05, 0.1) is 0 Å². The lowest BCUT2D eigenvalue weighted by Crippen LogP contribution is -2.20. The topological polar surface area (TPSA) is 77.0 Å². The van der Waals surface area contributed by atoms with Crippen molar-refractivity contribution in [2.24, 2.45) is 0 Å². The molecule has 1 aliphatic heterocycles. The van der Waals surface area contributed by atoms with Crippen LogP contribution >= 0.6 is 0 Å². The van der Waals surface area contributed by atoms with Gasteiger partial charge < -0.3 is 10.1 Å². The number of ether oxygens (including phenoxy) is 1. The average Bonchev–Trinajstić information content (AvgIpc) is 3.11. The van der Waals surface area contributed by atoms with Crippen LogP contribution in [0.25, 0.3) is 0 Å². The number of benzene rings is 1. The number of nitrogens with zero attached hydrogens (tertiary/aromatic N) is 3. The van der Waals surface area contributed by atoms with E-state index < -0.39 is 29.9 Å². The van der Waals surface area contributed by atoms with Crippen LogP contribution in [0.2, 0.25) is 0 Å². The van der Waals surface area contributed by atoms with Gasteiger partial charge in [0.1, 0.15) is 29.7 Å². The zero-order valence-corrected chi connectivity index (χ0v) is 14.3. The molecule has 1 saturated heterocycles. The molecule has 2 atom stereocenters. The second kappa shape index (κ2) is 7.40. The van der Waals surface area contributed by atoms with Crippen molar-refractivity contribution in [1.82, 2.24) is 20.3 Å². The van der Waals surface area contributed by atoms with Crippen LogP contribution in [-0.4, -0.2) is 21.0 Å². The van der Waals surface area contributed by atoms with Gasteiger partial charge in [-0.05, 0) is 41.8 Å². The van der Waals surface area contributed by atoms with Gasteiger partial charge in [0.25, 0.3) is 0 Å². The molecule has 1 N–H and O–H groups in total. The molecule has 138 valence electrons. The molecule has 0 spiro atoms. The Morgan fingerprint density at radius 2 is 1.96 bits per heavy atom. The fourth-order valence-electron chi connectivity index (χ4n) is 2.85. The minimum absolute atomic E-state index is 0.0548. The molecule has 6 nitrogen and oxygen atoms in total. The predicted octanol–water partition coefficient (Wildman–Crippen LogP) is 3.07. The van der Waals surface area contributed by atoms with E-state index in [1.54, 1.807) is 24.5 Å². The Kier molecular flexibility index (Phi) is 4.64. The number of carbonyl (C=O) groups is 1. The highest BCUT2D eigenvalue weighted by Crippen LogP contribution is 2.37. The molecule has 0 saturated carbocycles. The molecule has 28 heavy (non-hydrogen) atoms. The number of amides is 1. The number of hydrogen-bond donors (Lipinski definition) is 1. The van der Waals surface area contributed by atoms with Crippen LogP contribution in [-0.2, 0) is 4.74 Å². The van der Waals surface area contributed by atoms with E-state index in [4.69, 9.17) is 4.74 Å². The molecule has 1 fully saturated rings. The monoisotopic (exact) mass is 378 g/mol. The number of cyclic esters (lactones) is 1. The third kappa shape index (κ3) is 3.64. The van der Waals surface area contributed by atoms with Gasteiger partial charge in [-0.1, -0.05) is 5.92 Å². The van der Waals surface area contributed by atoms with Gasteiger partial charge in [-0.25, -0.2) is 23.5 Å². The molecule has 1 aliphatic rings. The van der Waals surface area contributed by atoms with Crippen molar-refractivity contribution in [3.05, 3.63) is 89.3 Å². The number of pyridine rings is 1. The normalized spacial score (nSPS) is 18.0. The highest BCUT2D eigenvalue weighted by molar-refractivity contribution is 5.71. The first-order valence-corrected chi connectivity index (χ1v) is 8.25. The van der Waals surface area contributed by atoms with Crippen LogP contribution in [0, 0.1) is 23.5 Å². The number of rotatable bonds is 2. The second-order valence-electron chi connectivity index (χ2n) is 5.97. The average molecular weight is 378 g/mol. The van der Waals surface area contributed by atoms with Gasteiger partial charge in [-0.15, -0.1) is 0 Å². The van der Waals surface area contributed by atoms with E-state index in [0.717, 1.165) is 18.2 Å². The van der Waals surface area contributed by atoms with Crippen molar-refractivity contribution in [3.63, 3.8) is 0 Å². The molecule has 3 heterocycles. The molecule has 1 aromatic carbocycles. The molecule has 0 bridgehead atoms. The number of hydrogen-bond acceptors (Lipinski definition) is 5. The maximum Gasteiger partial charge on any atom is 0.408 e. The van der Waals surface area contributed by atoms with E-state index in [2.05, 4.69) is 32.1 Å². The summed E-state index contributed by atoms with van der Waals surface area (Å²) in [5.74, 6) is 4.51. The Morgan fingerprint density at radius 1 is 1.07 bits per heavy atom. The SMILES string of the molecule is O=C1N[C@H](c2cncc(C#Cc3ccncn3)c2)C(c2cc(F)ccc2F)O1. The van der Waals surface area contributed by atoms with Crippen molar-refractivity contribution >= 4 is 6.09 Å². The summed E-state index contributed by atoms with van der Waals surface area (Å²) < 4.78 is 33.0. The van der Waals surface area contributed by atoms with E-state index in [9.17, 15) is 13.6 Å². The summed E-state index contributed by atoms with van der Waals surface area (Å²) in [5.41, 5.74) is 1.60. The third-order valence-electron chi connectivity index (χ3n) is 4.11. The Hall–Kier alpha value is -3.86. The smallest absolute Gasteiger partial charge is 0.408 e. The molecule has 2 aromatic heterocycles. The van der Waals surface area contributed by atoms with Crippen LogP contribution in [0.4, 0.5) is 13.6 Å². The lowest BCUT2D eigenvalue weighted by Gasteiger charge is -2.18. The molecule has 0 aliphatic carbocycles. The molecule has 1 unspecified atom stereocenters. The molecular formula is C20H12F2N4O2. The molecule has 0 radical (unpaired) electrons. The minimum atomic E-state index is -1.03. The van der Waals surface area contributed by atoms with Gasteiger partial charge in [-0.2, -0.15) is 0 Å². The van der Waals surface area contributed by atoms with Crippen molar-refractivity contribution < 1.29 is 18.3 Å². The van der Waals surface area contributed by atoms with Crippen LogP contribution in [0.5, 0.6) is 0 Å². The molecule has 3 aromatic rings. The van der Waals surface area contributed by atoms with Gasteiger partial charge in [0, 0.05) is 29.7 Å². The lowest BCUT2D eigenvalue weighted by atomic mass is 9.96. The Morgan fingerprint density at radius 3 is 2.79 bits per heavy atom. The molecule has 1 amide bonds. The summed E-state index contributed by atoms with van der Waals surface area (Å²) in [6, 6.07) is 5.64. The van der Waals surface area contributed by atoms with Gasteiger partial charge in [0.2, 0.25) is 0 Å². The second-order valence-corrected chi connectivity index (χ2v) is 5.97. The van der Waals surface area contributed by atoms with Crippen LogP contribution in [0.15, 0.2) is 55.2 Å². The van der Waals surface area contributed by atoms with Crippen LogP contribution in [0.1, 0.15) is 34.5 Å². The first-order valence-electron chi connectivity index (χ1n) is 8.25. The van der Waals surface area contributed by atoms with Crippen molar-refractivity contribution in [2.45, 2.75) is 12.1 Å². The van der Waals surface area contributed by atoms with Gasteiger partial charge in [-0.3, -0.25) is 4.98 Å². The first-order chi connectivity index (χ1) is 13.6. The van der Waals surface area contributed by atoms with E-state index in [0.29, 0.717) is 16.8 Å². The maximum absolute atomic E-state index is 14.2. The summed E-state index contributed by atoms with van der Waals surface area (Å²) in [5, 5.41) is 2.61. The summed E-state index contributed by atoms with van der Waals surface area (Å²) >= 11 is 0. The Bertz CT molecular complexity index is 1100. The molecule has 8 heteroatoms. The van der Waals surface area contributed by atoms with Crippen molar-refractivity contribution in [2.75, 3.05) is 0 Å². The van der Waals surface area contributed by atoms with Gasteiger partial charge in [0.15, 0.2) is 6.10 Å². The number of halogens is 2. The fourth-order valence-corrected chi connectivity index (χ4v) is 2.85. The lowest BCUT2D eigenvalue weighted by molar-refractivity contribution is 0.130. The predicted molar refractivity (Wildman–Crippen MR) is 93.7 cm³/mol. The fraction of sp³-hybridized carbons (Fsp3) is 0.100. The summed E-state index contributed by atoms with van der Waals surface area (Å²) in [4.78, 5) is 23.8. The van der Waals surface area contributed by atoms with E-state index >= 15 is 0 Å². The van der Waals surface area contributed by atoms with Crippen LogP contribution in [0.3, 0.4) is 0 Å². The number of carbonyl (C=O) groups excluding carboxylic acids is 1. The standard InChI is InChI=1S/C20H12F2N4O2/c21-14-2-4-17(22)16(8-14)19-18(26-20(27)28-19)13-7-12(9-24-10-13)1-3-15-5-6-23-11-25-15/h2,4-11,18-19H,(H,26,27)/t18-,19?/m1/s1. The molecular weight excluding hydrogens is 366 g/mol. The number of aromatic nitrogens is 3. The van der Waals surface area contributed by atoms with Crippen molar-refractivity contribution in [1.29, 1.82) is 0 Å². The number of nitrogens with one attached hydrogen (secondary N) is 1. The van der Waals surface area contributed by atoms with E-state index in [1.807, 2.05) is 0 Å². The third-order valence-corrected chi connectivity index (χ3v) is 4.11. The summed E-state index contributed by atoms with van der Waals surface area (Å²) in [7, 11) is 0. The van der Waals surface area contributed by atoms with Gasteiger partial charge >= 0.3 is 6.09 Å². The quantitative estimate of drug-likeness (QED) is 0.694. The van der Waals surface area contributed by atoms with Crippen molar-refractivity contribution in [3.8, 4) is 11.8 Å². The number of alkyl carbamates (subject to hydrolysis) is 1. The Labute approximate surface area is 158 Å². The zero-order chi connectivity index (χ0) is 19.5. The summed E-state index contributed by atoms with van der Waals surface area (Å²) in [6.45, 7) is 0. The van der Waals surface area contributed by atoms with E-state index in [-0.39, 0.29) is 5.56 Å². The van der Waals surface area contributed by atoms with Crippen LogP contribution < -0.4 is 5.32 Å². The van der Waals surface area contributed by atoms with E-state index in [1.165, 1.54) is 12.5 Å². The highest BCUT2D eigenvalue weighted by Gasteiger charge is 2.38. The zero-order valence-electron chi connectivity index (χ0n) is 14.3. The maximum atomic E-state index is 14.2. The largest absolute Gasteiger partial charge is 0.439 e. The Balaban J connectivity index is 1.67.